The van der Waals surface area contributed by atoms with Crippen molar-refractivity contribution in [2.24, 2.45) is 0 Å². The number of fused-ring (bicyclic) bond motifs is 1. The highest BCUT2D eigenvalue weighted by Crippen LogP contribution is 2.33. The van der Waals surface area contributed by atoms with Crippen LogP contribution >= 0.6 is 11.6 Å². The SMILES string of the molecule is CC(=O)N1C[C@H](C(=O)Nc2ccc(Cl)cc2)Oc2ccccc21. The van der Waals surface area contributed by atoms with Gasteiger partial charge in [-0.05, 0) is 36.4 Å². The molecule has 0 fully saturated rings. The highest BCUT2D eigenvalue weighted by Gasteiger charge is 2.32. The fourth-order valence-electron chi connectivity index (χ4n) is 2.43. The molecule has 23 heavy (non-hydrogen) atoms. The maximum atomic E-state index is 12.4. The highest BCUT2D eigenvalue weighted by atomic mass is 35.5. The molecule has 0 bridgehead atoms. The molecular formula is C17H15ClN2O3. The first kappa shape index (κ1) is 15.4. The molecule has 1 atom stereocenters. The summed E-state index contributed by atoms with van der Waals surface area (Å²) < 4.78 is 5.74. The lowest BCUT2D eigenvalue weighted by molar-refractivity contribution is -0.123. The van der Waals surface area contributed by atoms with E-state index in [2.05, 4.69) is 5.32 Å². The Balaban J connectivity index is 1.79. The van der Waals surface area contributed by atoms with Gasteiger partial charge in [0.15, 0.2) is 6.10 Å². The van der Waals surface area contributed by atoms with E-state index in [9.17, 15) is 9.59 Å². The lowest BCUT2D eigenvalue weighted by Crippen LogP contribution is -2.48. The van der Waals surface area contributed by atoms with Crippen LogP contribution in [-0.2, 0) is 9.59 Å². The Morgan fingerprint density at radius 2 is 1.87 bits per heavy atom. The molecule has 3 rings (SSSR count). The van der Waals surface area contributed by atoms with Crippen LogP contribution in [0.3, 0.4) is 0 Å². The molecule has 2 amide bonds. The van der Waals surface area contributed by atoms with Crippen molar-refractivity contribution in [3.05, 3.63) is 53.6 Å². The van der Waals surface area contributed by atoms with E-state index in [4.69, 9.17) is 16.3 Å². The molecule has 6 heteroatoms. The topological polar surface area (TPSA) is 58.6 Å². The molecule has 1 aliphatic heterocycles. The molecule has 0 unspecified atom stereocenters. The van der Waals surface area contributed by atoms with Crippen LogP contribution in [-0.4, -0.2) is 24.5 Å². The number of carbonyl (C=O) groups is 2. The largest absolute Gasteiger partial charge is 0.476 e. The van der Waals surface area contributed by atoms with Crippen molar-refractivity contribution >= 4 is 34.8 Å². The lowest BCUT2D eigenvalue weighted by Gasteiger charge is -2.33. The molecule has 2 aromatic carbocycles. The number of amides is 2. The number of nitrogens with zero attached hydrogens (tertiary/aromatic N) is 1. The molecule has 0 aromatic heterocycles. The van der Waals surface area contributed by atoms with E-state index >= 15 is 0 Å². The zero-order chi connectivity index (χ0) is 16.4. The first-order valence-corrected chi connectivity index (χ1v) is 7.52. The fourth-order valence-corrected chi connectivity index (χ4v) is 2.55. The van der Waals surface area contributed by atoms with Gasteiger partial charge in [0.2, 0.25) is 5.91 Å². The van der Waals surface area contributed by atoms with E-state index in [0.29, 0.717) is 22.1 Å². The third-order valence-electron chi connectivity index (χ3n) is 3.56. The predicted molar refractivity (Wildman–Crippen MR) is 89.0 cm³/mol. The minimum absolute atomic E-state index is 0.134. The van der Waals surface area contributed by atoms with Crippen LogP contribution in [0.5, 0.6) is 5.75 Å². The number of hydrogen-bond donors (Lipinski definition) is 1. The molecule has 0 spiro atoms. The van der Waals surface area contributed by atoms with Crippen LogP contribution in [0.2, 0.25) is 5.02 Å². The number of para-hydroxylation sites is 2. The van der Waals surface area contributed by atoms with Gasteiger partial charge in [0.25, 0.3) is 5.91 Å². The Kier molecular flexibility index (Phi) is 4.21. The number of anilines is 2. The van der Waals surface area contributed by atoms with Gasteiger partial charge < -0.3 is 15.0 Å². The molecular weight excluding hydrogens is 316 g/mol. The van der Waals surface area contributed by atoms with Gasteiger partial charge in [-0.2, -0.15) is 0 Å². The van der Waals surface area contributed by atoms with Crippen LogP contribution in [0.4, 0.5) is 11.4 Å². The number of nitrogens with one attached hydrogen (secondary N) is 1. The molecule has 1 N–H and O–H groups in total. The van der Waals surface area contributed by atoms with Gasteiger partial charge in [-0.1, -0.05) is 23.7 Å². The molecule has 0 saturated carbocycles. The number of halogens is 1. The third kappa shape index (κ3) is 3.29. The second kappa shape index (κ2) is 6.30. The second-order valence-electron chi connectivity index (χ2n) is 5.20. The van der Waals surface area contributed by atoms with E-state index in [-0.39, 0.29) is 18.4 Å². The number of rotatable bonds is 2. The lowest BCUT2D eigenvalue weighted by atomic mass is 10.1. The average Bonchev–Trinajstić information content (AvgIpc) is 2.55. The Morgan fingerprint density at radius 1 is 1.17 bits per heavy atom. The summed E-state index contributed by atoms with van der Waals surface area (Å²) >= 11 is 5.83. The first-order valence-electron chi connectivity index (χ1n) is 7.15. The number of ether oxygens (including phenoxy) is 1. The quantitative estimate of drug-likeness (QED) is 0.920. The van der Waals surface area contributed by atoms with E-state index < -0.39 is 6.10 Å². The van der Waals surface area contributed by atoms with Crippen molar-refractivity contribution in [3.8, 4) is 5.75 Å². The maximum absolute atomic E-state index is 12.4. The van der Waals surface area contributed by atoms with Gasteiger partial charge in [-0.25, -0.2) is 0 Å². The number of hydrogen-bond acceptors (Lipinski definition) is 3. The smallest absolute Gasteiger partial charge is 0.267 e. The van der Waals surface area contributed by atoms with Gasteiger partial charge in [0, 0.05) is 17.6 Å². The zero-order valence-electron chi connectivity index (χ0n) is 12.5. The van der Waals surface area contributed by atoms with Crippen LogP contribution in [0.25, 0.3) is 0 Å². The van der Waals surface area contributed by atoms with Crippen LogP contribution < -0.4 is 15.0 Å². The van der Waals surface area contributed by atoms with Gasteiger partial charge in [-0.15, -0.1) is 0 Å². The van der Waals surface area contributed by atoms with Crippen LogP contribution in [0, 0.1) is 0 Å². The van der Waals surface area contributed by atoms with Crippen molar-refractivity contribution in [3.63, 3.8) is 0 Å². The third-order valence-corrected chi connectivity index (χ3v) is 3.81. The van der Waals surface area contributed by atoms with Crippen LogP contribution in [0.1, 0.15) is 6.92 Å². The minimum atomic E-state index is -0.774. The minimum Gasteiger partial charge on any atom is -0.476 e. The van der Waals surface area contributed by atoms with Crippen molar-refractivity contribution < 1.29 is 14.3 Å². The van der Waals surface area contributed by atoms with Crippen molar-refractivity contribution in [1.29, 1.82) is 0 Å². The summed E-state index contributed by atoms with van der Waals surface area (Å²) in [7, 11) is 0. The molecule has 5 nitrogen and oxygen atoms in total. The van der Waals surface area contributed by atoms with E-state index in [1.807, 2.05) is 6.07 Å². The van der Waals surface area contributed by atoms with E-state index in [0.717, 1.165) is 0 Å². The highest BCUT2D eigenvalue weighted by molar-refractivity contribution is 6.30. The first-order chi connectivity index (χ1) is 11.0. The summed E-state index contributed by atoms with van der Waals surface area (Å²) in [4.78, 5) is 25.8. The normalized spacial score (nSPS) is 16.3. The zero-order valence-corrected chi connectivity index (χ0v) is 13.2. The van der Waals surface area contributed by atoms with E-state index in [1.165, 1.54) is 6.92 Å². The van der Waals surface area contributed by atoms with Crippen LogP contribution in [0.15, 0.2) is 48.5 Å². The molecule has 0 radical (unpaired) electrons. The van der Waals surface area contributed by atoms with Crippen molar-refractivity contribution in [2.75, 3.05) is 16.8 Å². The van der Waals surface area contributed by atoms with Crippen molar-refractivity contribution in [2.45, 2.75) is 13.0 Å². The Labute approximate surface area is 138 Å². The summed E-state index contributed by atoms with van der Waals surface area (Å²) in [5, 5.41) is 3.36. The average molecular weight is 331 g/mol. The second-order valence-corrected chi connectivity index (χ2v) is 5.64. The van der Waals surface area contributed by atoms with Gasteiger partial charge in [0.05, 0.1) is 12.2 Å². The van der Waals surface area contributed by atoms with Gasteiger partial charge in [0.1, 0.15) is 5.75 Å². The molecule has 2 aromatic rings. The molecule has 1 heterocycles. The Hall–Kier alpha value is -2.53. The summed E-state index contributed by atoms with van der Waals surface area (Å²) in [6, 6.07) is 14.0. The monoisotopic (exact) mass is 330 g/mol. The fraction of sp³-hybridized carbons (Fsp3) is 0.176. The maximum Gasteiger partial charge on any atom is 0.267 e. The summed E-state index contributed by atoms with van der Waals surface area (Å²) in [6.45, 7) is 1.64. The summed E-state index contributed by atoms with van der Waals surface area (Å²) in [5.41, 5.74) is 1.30. The number of carbonyl (C=O) groups excluding carboxylic acids is 2. The molecule has 118 valence electrons. The van der Waals surface area contributed by atoms with Gasteiger partial charge in [-0.3, -0.25) is 9.59 Å². The number of benzene rings is 2. The van der Waals surface area contributed by atoms with Crippen molar-refractivity contribution in [1.82, 2.24) is 0 Å². The van der Waals surface area contributed by atoms with Gasteiger partial charge >= 0.3 is 0 Å². The predicted octanol–water partition coefficient (Wildman–Crippen LogP) is 3.09. The molecule has 1 aliphatic rings. The molecule has 0 aliphatic carbocycles. The van der Waals surface area contributed by atoms with E-state index in [1.54, 1.807) is 47.4 Å². The Morgan fingerprint density at radius 3 is 2.57 bits per heavy atom. The summed E-state index contributed by atoms with van der Waals surface area (Å²) in [5.74, 6) is 0.0725. The summed E-state index contributed by atoms with van der Waals surface area (Å²) in [6.07, 6.45) is -0.774. The Bertz CT molecular complexity index is 746. The molecule has 0 saturated heterocycles. The standard InChI is InChI=1S/C17H15ClN2O3/c1-11(21)20-10-16(23-15-5-3-2-4-14(15)20)17(22)19-13-8-6-12(18)7-9-13/h2-9,16H,10H2,1H3,(H,19,22)/t16-/m1/s1.